The molecule has 0 saturated carbocycles. The molecule has 0 bridgehead atoms. The van der Waals surface area contributed by atoms with Gasteiger partial charge in [0.1, 0.15) is 0 Å². The van der Waals surface area contributed by atoms with E-state index < -0.39 is 6.10 Å². The third-order valence-electron chi connectivity index (χ3n) is 2.73. The topological polar surface area (TPSA) is 35.5 Å². The van der Waals surface area contributed by atoms with Crippen molar-refractivity contribution < 1.29 is 14.6 Å². The van der Waals surface area contributed by atoms with E-state index in [1.54, 1.807) is 6.92 Å². The third kappa shape index (κ3) is 3.66. The summed E-state index contributed by atoms with van der Waals surface area (Å²) in [6.45, 7) is 1.73. The Bertz CT molecular complexity index is 469. The van der Waals surface area contributed by atoms with Crippen LogP contribution in [0.15, 0.2) is 60.7 Å². The molecule has 0 radical (unpaired) electrons. The number of hydrogen-bond donors (Lipinski definition) is 0. The highest BCUT2D eigenvalue weighted by Crippen LogP contribution is 2.25. The molecule has 0 aliphatic carbocycles. The maximum Gasteiger partial charge on any atom is 0.342 e. The van der Waals surface area contributed by atoms with Crippen LogP contribution in [0.5, 0.6) is 0 Å². The van der Waals surface area contributed by atoms with Gasteiger partial charge in [0.15, 0.2) is 6.10 Å². The van der Waals surface area contributed by atoms with Gasteiger partial charge < -0.3 is 0 Å². The molecule has 0 aliphatic rings. The first-order valence-corrected chi connectivity index (χ1v) is 6.27. The Kier molecular flexibility index (Phi) is 4.70. The van der Waals surface area contributed by atoms with Crippen LogP contribution in [0.25, 0.3) is 0 Å². The summed E-state index contributed by atoms with van der Waals surface area (Å²) in [6, 6.07) is 19.3. The third-order valence-corrected chi connectivity index (χ3v) is 2.73. The Labute approximate surface area is 112 Å². The van der Waals surface area contributed by atoms with Crippen LogP contribution in [0, 0.1) is 0 Å². The van der Waals surface area contributed by atoms with Crippen molar-refractivity contribution >= 4 is 5.97 Å². The van der Waals surface area contributed by atoms with Gasteiger partial charge in [-0.2, -0.15) is 4.89 Å². The summed E-state index contributed by atoms with van der Waals surface area (Å²) in [5, 5.41) is 0. The van der Waals surface area contributed by atoms with E-state index in [9.17, 15) is 4.79 Å². The minimum Gasteiger partial charge on any atom is -0.297 e. The summed E-state index contributed by atoms with van der Waals surface area (Å²) in [7, 11) is 0. The zero-order chi connectivity index (χ0) is 13.5. The lowest BCUT2D eigenvalue weighted by Gasteiger charge is -2.16. The molecule has 0 atom stereocenters. The Morgan fingerprint density at radius 3 is 1.84 bits per heavy atom. The van der Waals surface area contributed by atoms with Crippen molar-refractivity contribution in [1.29, 1.82) is 0 Å². The van der Waals surface area contributed by atoms with E-state index in [1.165, 1.54) is 0 Å². The first-order valence-electron chi connectivity index (χ1n) is 6.27. The zero-order valence-electron chi connectivity index (χ0n) is 10.8. The molecule has 0 fully saturated rings. The molecule has 2 aromatic rings. The van der Waals surface area contributed by atoms with Gasteiger partial charge in [-0.25, -0.2) is 4.79 Å². The highest BCUT2D eigenvalue weighted by molar-refractivity contribution is 5.68. The highest BCUT2D eigenvalue weighted by Gasteiger charge is 2.17. The van der Waals surface area contributed by atoms with Gasteiger partial charge in [-0.3, -0.25) is 4.89 Å². The summed E-state index contributed by atoms with van der Waals surface area (Å²) in [6.07, 6.45) is -0.117. The summed E-state index contributed by atoms with van der Waals surface area (Å²) in [4.78, 5) is 21.4. The van der Waals surface area contributed by atoms with Crippen LogP contribution in [0.4, 0.5) is 0 Å². The van der Waals surface area contributed by atoms with Gasteiger partial charge in [-0.1, -0.05) is 67.6 Å². The number of benzene rings is 2. The van der Waals surface area contributed by atoms with Crippen LogP contribution < -0.4 is 0 Å². The van der Waals surface area contributed by atoms with Gasteiger partial charge >= 0.3 is 5.97 Å². The Balaban J connectivity index is 2.21. The van der Waals surface area contributed by atoms with Crippen molar-refractivity contribution in [2.75, 3.05) is 0 Å². The predicted molar refractivity (Wildman–Crippen MR) is 72.2 cm³/mol. The largest absolute Gasteiger partial charge is 0.342 e. The van der Waals surface area contributed by atoms with Crippen molar-refractivity contribution in [2.24, 2.45) is 0 Å². The lowest BCUT2D eigenvalue weighted by molar-refractivity contribution is -0.292. The minimum atomic E-state index is -0.405. The molecule has 0 amide bonds. The number of hydrogen-bond acceptors (Lipinski definition) is 3. The smallest absolute Gasteiger partial charge is 0.297 e. The molecule has 0 heterocycles. The maximum absolute atomic E-state index is 11.2. The van der Waals surface area contributed by atoms with Crippen molar-refractivity contribution in [1.82, 2.24) is 0 Å². The predicted octanol–water partition coefficient (Wildman–Crippen LogP) is 3.66. The number of carbonyl (C=O) groups is 1. The monoisotopic (exact) mass is 256 g/mol. The molecule has 98 valence electrons. The fourth-order valence-corrected chi connectivity index (χ4v) is 1.72. The first kappa shape index (κ1) is 13.3. The molecule has 3 nitrogen and oxygen atoms in total. The molecule has 3 heteroatoms. The fourth-order valence-electron chi connectivity index (χ4n) is 1.72. The van der Waals surface area contributed by atoms with Gasteiger partial charge in [-0.15, -0.1) is 0 Å². The van der Waals surface area contributed by atoms with E-state index in [0.29, 0.717) is 0 Å². The van der Waals surface area contributed by atoms with E-state index in [2.05, 4.69) is 0 Å². The molecule has 0 aromatic heterocycles. The Morgan fingerprint density at radius 1 is 0.947 bits per heavy atom. The van der Waals surface area contributed by atoms with Gasteiger partial charge in [0.2, 0.25) is 0 Å². The molecule has 0 aliphatic heterocycles. The van der Waals surface area contributed by atoms with Crippen molar-refractivity contribution in [3.63, 3.8) is 0 Å². The van der Waals surface area contributed by atoms with Crippen molar-refractivity contribution in [2.45, 2.75) is 19.4 Å². The normalized spacial score (nSPS) is 10.4. The lowest BCUT2D eigenvalue weighted by atomic mass is 10.0. The van der Waals surface area contributed by atoms with E-state index in [-0.39, 0.29) is 12.4 Å². The van der Waals surface area contributed by atoms with E-state index in [0.717, 1.165) is 11.1 Å². The number of carbonyl (C=O) groups excluding carboxylic acids is 1. The maximum atomic E-state index is 11.2. The Hall–Kier alpha value is -2.13. The van der Waals surface area contributed by atoms with Gasteiger partial charge in [0.25, 0.3) is 0 Å². The van der Waals surface area contributed by atoms with Gasteiger partial charge in [0, 0.05) is 6.42 Å². The van der Waals surface area contributed by atoms with Crippen LogP contribution in [0.1, 0.15) is 30.6 Å². The second-order valence-electron chi connectivity index (χ2n) is 4.11. The molecule has 0 spiro atoms. The first-order chi connectivity index (χ1) is 9.31. The lowest BCUT2D eigenvalue weighted by Crippen LogP contribution is -2.11. The van der Waals surface area contributed by atoms with Gasteiger partial charge in [-0.05, 0) is 11.1 Å². The second-order valence-corrected chi connectivity index (χ2v) is 4.11. The summed E-state index contributed by atoms with van der Waals surface area (Å²) >= 11 is 0. The quantitative estimate of drug-likeness (QED) is 0.605. The molecular weight excluding hydrogens is 240 g/mol. The van der Waals surface area contributed by atoms with Crippen LogP contribution in [-0.2, 0) is 14.6 Å². The van der Waals surface area contributed by atoms with Crippen molar-refractivity contribution in [3.8, 4) is 0 Å². The molecular formula is C16H16O3. The standard InChI is InChI=1S/C16H16O3/c1-2-15(17)18-19-16(13-9-5-3-6-10-13)14-11-7-4-8-12-14/h3-12,16H,2H2,1H3. The second kappa shape index (κ2) is 6.71. The van der Waals surface area contributed by atoms with E-state index >= 15 is 0 Å². The summed E-state index contributed by atoms with van der Waals surface area (Å²) in [5.74, 6) is -0.378. The highest BCUT2D eigenvalue weighted by atomic mass is 17.2. The molecule has 2 rings (SSSR count). The molecule has 0 saturated heterocycles. The molecule has 0 N–H and O–H groups in total. The zero-order valence-corrected chi connectivity index (χ0v) is 10.8. The van der Waals surface area contributed by atoms with Crippen LogP contribution in [0.2, 0.25) is 0 Å². The van der Waals surface area contributed by atoms with E-state index in [4.69, 9.17) is 9.78 Å². The van der Waals surface area contributed by atoms with Crippen LogP contribution in [-0.4, -0.2) is 5.97 Å². The fraction of sp³-hybridized carbons (Fsp3) is 0.188. The van der Waals surface area contributed by atoms with Crippen molar-refractivity contribution in [3.05, 3.63) is 71.8 Å². The Morgan fingerprint density at radius 2 is 1.42 bits per heavy atom. The SMILES string of the molecule is CCC(=O)OOC(c1ccccc1)c1ccccc1. The molecule has 0 unspecified atom stereocenters. The molecule has 2 aromatic carbocycles. The molecule has 19 heavy (non-hydrogen) atoms. The van der Waals surface area contributed by atoms with Crippen LogP contribution >= 0.6 is 0 Å². The van der Waals surface area contributed by atoms with E-state index in [1.807, 2.05) is 60.7 Å². The average Bonchev–Trinajstić information content (AvgIpc) is 2.49. The van der Waals surface area contributed by atoms with Crippen LogP contribution in [0.3, 0.4) is 0 Å². The minimum absolute atomic E-state index is 0.288. The summed E-state index contributed by atoms with van der Waals surface area (Å²) in [5.41, 5.74) is 1.88. The van der Waals surface area contributed by atoms with Gasteiger partial charge in [0.05, 0.1) is 0 Å². The average molecular weight is 256 g/mol. The number of rotatable bonds is 5. The summed E-state index contributed by atoms with van der Waals surface area (Å²) < 4.78 is 0.